The zero-order valence-electron chi connectivity index (χ0n) is 9.67. The van der Waals surface area contributed by atoms with Crippen LogP contribution in [0.25, 0.3) is 0 Å². The number of anilines is 2. The highest BCUT2D eigenvalue weighted by molar-refractivity contribution is 7.09. The predicted molar refractivity (Wildman–Crippen MR) is 69.8 cm³/mol. The Balaban J connectivity index is 2.17. The van der Waals surface area contributed by atoms with Crippen molar-refractivity contribution in [2.45, 2.75) is 13.5 Å². The summed E-state index contributed by atoms with van der Waals surface area (Å²) in [5.74, 6) is -0.686. The molecule has 0 fully saturated rings. The molecule has 0 saturated carbocycles. The maximum atomic E-state index is 10.9. The minimum Gasteiger partial charge on any atom is -0.478 e. The van der Waals surface area contributed by atoms with Crippen LogP contribution in [0, 0.1) is 6.92 Å². The molecule has 0 bridgehead atoms. The zero-order chi connectivity index (χ0) is 13.1. The fraction of sp³-hybridized carbons (Fsp3) is 0.182. The maximum Gasteiger partial charge on any atom is 0.337 e. The van der Waals surface area contributed by atoms with E-state index < -0.39 is 5.97 Å². The average Bonchev–Trinajstić information content (AvgIpc) is 2.73. The summed E-state index contributed by atoms with van der Waals surface area (Å²) in [5, 5.41) is 12.0. The molecule has 7 heteroatoms. The largest absolute Gasteiger partial charge is 0.478 e. The van der Waals surface area contributed by atoms with E-state index in [0.717, 1.165) is 10.6 Å². The molecule has 0 aliphatic heterocycles. The predicted octanol–water partition coefficient (Wildman–Crippen LogP) is 1.74. The van der Waals surface area contributed by atoms with Crippen molar-refractivity contribution in [1.29, 1.82) is 0 Å². The quantitative estimate of drug-likeness (QED) is 0.777. The van der Waals surface area contributed by atoms with E-state index in [1.165, 1.54) is 23.6 Å². The van der Waals surface area contributed by atoms with E-state index in [4.69, 9.17) is 10.8 Å². The second kappa shape index (κ2) is 5.01. The van der Waals surface area contributed by atoms with Gasteiger partial charge in [0.1, 0.15) is 5.82 Å². The summed E-state index contributed by atoms with van der Waals surface area (Å²) < 4.78 is 0. The molecule has 0 aliphatic carbocycles. The molecular weight excluding hydrogens is 252 g/mol. The van der Waals surface area contributed by atoms with Crippen molar-refractivity contribution in [3.63, 3.8) is 0 Å². The number of aromatic carboxylic acids is 1. The van der Waals surface area contributed by atoms with E-state index in [2.05, 4.69) is 15.3 Å². The van der Waals surface area contributed by atoms with Gasteiger partial charge in [-0.1, -0.05) is 0 Å². The summed E-state index contributed by atoms with van der Waals surface area (Å²) in [4.78, 5) is 20.1. The number of carbonyl (C=O) groups is 1. The van der Waals surface area contributed by atoms with Crippen LogP contribution in [-0.4, -0.2) is 21.0 Å². The van der Waals surface area contributed by atoms with Gasteiger partial charge in [-0.3, -0.25) is 0 Å². The summed E-state index contributed by atoms with van der Waals surface area (Å²) in [7, 11) is 0. The van der Waals surface area contributed by atoms with Crippen molar-refractivity contribution in [3.8, 4) is 0 Å². The van der Waals surface area contributed by atoms with Crippen molar-refractivity contribution in [3.05, 3.63) is 33.9 Å². The smallest absolute Gasteiger partial charge is 0.337 e. The fourth-order valence-corrected chi connectivity index (χ4v) is 2.18. The Kier molecular flexibility index (Phi) is 3.42. The Morgan fingerprint density at radius 3 is 2.94 bits per heavy atom. The molecule has 0 unspecified atom stereocenters. The molecule has 18 heavy (non-hydrogen) atoms. The number of nitrogen functional groups attached to an aromatic ring is 1. The third kappa shape index (κ3) is 2.40. The van der Waals surface area contributed by atoms with E-state index in [0.29, 0.717) is 12.4 Å². The first-order chi connectivity index (χ1) is 8.59. The van der Waals surface area contributed by atoms with Crippen LogP contribution in [0.2, 0.25) is 0 Å². The summed E-state index contributed by atoms with van der Waals surface area (Å²) in [5.41, 5.74) is 8.64. The Hall–Kier alpha value is -2.15. The third-order valence-corrected chi connectivity index (χ3v) is 3.42. The molecule has 2 aromatic rings. The summed E-state index contributed by atoms with van der Waals surface area (Å²) in [6, 6.07) is 1.38. The van der Waals surface area contributed by atoms with Gasteiger partial charge in [0, 0.05) is 11.1 Å². The number of carboxylic acid groups (broad SMARTS) is 1. The van der Waals surface area contributed by atoms with Crippen molar-refractivity contribution in [2.24, 2.45) is 0 Å². The van der Waals surface area contributed by atoms with Crippen LogP contribution in [0.3, 0.4) is 0 Å². The first-order valence-electron chi connectivity index (χ1n) is 5.20. The molecule has 0 amide bonds. The van der Waals surface area contributed by atoms with E-state index in [1.54, 1.807) is 5.51 Å². The highest BCUT2D eigenvalue weighted by Crippen LogP contribution is 2.21. The molecule has 0 atom stereocenters. The van der Waals surface area contributed by atoms with E-state index in [1.807, 2.05) is 6.92 Å². The molecule has 0 spiro atoms. The Labute approximate surface area is 108 Å². The minimum atomic E-state index is -1.06. The number of hydrogen-bond acceptors (Lipinski definition) is 6. The van der Waals surface area contributed by atoms with Gasteiger partial charge in [0.25, 0.3) is 0 Å². The minimum absolute atomic E-state index is 0.0496. The fourth-order valence-electron chi connectivity index (χ4n) is 1.46. The number of pyridine rings is 1. The molecule has 2 rings (SSSR count). The van der Waals surface area contributed by atoms with Crippen LogP contribution in [0.5, 0.6) is 0 Å². The lowest BCUT2D eigenvalue weighted by molar-refractivity contribution is 0.0698. The Morgan fingerprint density at radius 1 is 1.56 bits per heavy atom. The van der Waals surface area contributed by atoms with E-state index in [-0.39, 0.29) is 11.3 Å². The monoisotopic (exact) mass is 264 g/mol. The lowest BCUT2D eigenvalue weighted by Gasteiger charge is -2.09. The van der Waals surface area contributed by atoms with Crippen LogP contribution < -0.4 is 11.1 Å². The number of thiazole rings is 1. The van der Waals surface area contributed by atoms with Crippen molar-refractivity contribution in [2.75, 3.05) is 11.1 Å². The first-order valence-corrected chi connectivity index (χ1v) is 6.08. The highest BCUT2D eigenvalue weighted by atomic mass is 32.1. The number of nitrogens with one attached hydrogen (secondary N) is 1. The number of nitrogens with two attached hydrogens (primary N) is 1. The summed E-state index contributed by atoms with van der Waals surface area (Å²) >= 11 is 1.53. The zero-order valence-corrected chi connectivity index (χ0v) is 10.5. The molecule has 0 saturated heterocycles. The van der Waals surface area contributed by atoms with E-state index >= 15 is 0 Å². The van der Waals surface area contributed by atoms with Gasteiger partial charge in [-0.2, -0.15) is 0 Å². The maximum absolute atomic E-state index is 10.9. The van der Waals surface area contributed by atoms with Crippen molar-refractivity contribution in [1.82, 2.24) is 9.97 Å². The third-order valence-electron chi connectivity index (χ3n) is 2.48. The molecular formula is C11H12N4O2S. The lowest BCUT2D eigenvalue weighted by atomic mass is 10.2. The van der Waals surface area contributed by atoms with Crippen molar-refractivity contribution < 1.29 is 9.90 Å². The summed E-state index contributed by atoms with van der Waals surface area (Å²) in [6.07, 6.45) is 1.42. The van der Waals surface area contributed by atoms with Gasteiger partial charge in [-0.15, -0.1) is 11.3 Å². The van der Waals surface area contributed by atoms with Gasteiger partial charge in [0.15, 0.2) is 0 Å². The Bertz CT molecular complexity index is 582. The van der Waals surface area contributed by atoms with Crippen LogP contribution in [0.1, 0.15) is 20.9 Å². The normalized spacial score (nSPS) is 10.3. The van der Waals surface area contributed by atoms with Gasteiger partial charge in [0.05, 0.1) is 29.0 Å². The second-order valence-corrected chi connectivity index (χ2v) is 4.58. The van der Waals surface area contributed by atoms with Gasteiger partial charge in [-0.25, -0.2) is 14.8 Å². The molecule has 2 aromatic heterocycles. The van der Waals surface area contributed by atoms with Gasteiger partial charge in [0.2, 0.25) is 0 Å². The van der Waals surface area contributed by atoms with Gasteiger partial charge in [-0.05, 0) is 13.0 Å². The highest BCUT2D eigenvalue weighted by Gasteiger charge is 2.12. The van der Waals surface area contributed by atoms with Gasteiger partial charge >= 0.3 is 5.97 Å². The number of aryl methyl sites for hydroxylation is 1. The molecule has 6 nitrogen and oxygen atoms in total. The molecule has 0 aromatic carbocycles. The number of aromatic nitrogens is 2. The van der Waals surface area contributed by atoms with E-state index in [9.17, 15) is 4.79 Å². The SMILES string of the molecule is Cc1ncsc1CNc1nccc(C(=O)O)c1N. The Morgan fingerprint density at radius 2 is 2.33 bits per heavy atom. The number of carboxylic acids is 1. The van der Waals surface area contributed by atoms with Crippen molar-refractivity contribution >= 4 is 28.8 Å². The molecule has 94 valence electrons. The summed E-state index contributed by atoms with van der Waals surface area (Å²) in [6.45, 7) is 2.44. The van der Waals surface area contributed by atoms with Crippen LogP contribution in [0.4, 0.5) is 11.5 Å². The van der Waals surface area contributed by atoms with Gasteiger partial charge < -0.3 is 16.2 Å². The molecule has 2 heterocycles. The molecule has 4 N–H and O–H groups in total. The van der Waals surface area contributed by atoms with Crippen LogP contribution in [0.15, 0.2) is 17.8 Å². The number of rotatable bonds is 4. The van der Waals surface area contributed by atoms with Crippen LogP contribution >= 0.6 is 11.3 Å². The van der Waals surface area contributed by atoms with Crippen LogP contribution in [-0.2, 0) is 6.54 Å². The average molecular weight is 264 g/mol. The second-order valence-electron chi connectivity index (χ2n) is 3.64. The topological polar surface area (TPSA) is 101 Å². The number of hydrogen-bond donors (Lipinski definition) is 3. The molecule has 0 radical (unpaired) electrons. The lowest BCUT2D eigenvalue weighted by Crippen LogP contribution is -2.09. The standard InChI is InChI=1S/C11H12N4O2S/c1-6-8(18-5-15-6)4-14-10-9(12)7(11(16)17)2-3-13-10/h2-3,5H,4,12H2,1H3,(H,13,14)(H,16,17). The molecule has 0 aliphatic rings. The first kappa shape index (κ1) is 12.3. The number of nitrogens with zero attached hydrogens (tertiary/aromatic N) is 2.